The van der Waals surface area contributed by atoms with E-state index in [0.717, 1.165) is 62.0 Å². The third kappa shape index (κ3) is 7.44. The summed E-state index contributed by atoms with van der Waals surface area (Å²) in [6, 6.07) is 15.2. The van der Waals surface area contributed by atoms with E-state index in [2.05, 4.69) is 10.2 Å². The van der Waals surface area contributed by atoms with E-state index in [-0.39, 0.29) is 5.91 Å². The van der Waals surface area contributed by atoms with Crippen molar-refractivity contribution in [2.45, 2.75) is 31.8 Å². The number of ether oxygens (including phenoxy) is 1. The number of hydrogen-bond acceptors (Lipinski definition) is 4. The van der Waals surface area contributed by atoms with Gasteiger partial charge in [0.2, 0.25) is 5.91 Å². The van der Waals surface area contributed by atoms with Crippen LogP contribution in [0, 0.1) is 0 Å². The number of rotatable bonds is 9. The molecule has 29 heavy (non-hydrogen) atoms. The number of aryl methyl sites for hydroxylation is 1. The Balaban J connectivity index is 1.38. The molecular weight excluding hydrogens is 388 g/mol. The minimum absolute atomic E-state index is 0.000389. The molecule has 2 N–H and O–H groups in total. The molecule has 2 aromatic carbocycles. The predicted molar refractivity (Wildman–Crippen MR) is 116 cm³/mol. The van der Waals surface area contributed by atoms with Crippen molar-refractivity contribution in [1.29, 1.82) is 0 Å². The standard InChI is InChI=1S/C23H29ClN2O3/c24-20-8-4-18(5-9-20)2-1-3-23(28)25-21-10-6-19(7-11-21)22(27)12-13-26-14-16-29-17-15-26/h4-11,22,27H,1-3,12-17H2,(H,25,28). The summed E-state index contributed by atoms with van der Waals surface area (Å²) in [4.78, 5) is 14.5. The minimum Gasteiger partial charge on any atom is -0.388 e. The van der Waals surface area contributed by atoms with Gasteiger partial charge in [0.05, 0.1) is 19.3 Å². The molecule has 1 heterocycles. The van der Waals surface area contributed by atoms with Crippen LogP contribution in [0.4, 0.5) is 5.69 Å². The molecule has 156 valence electrons. The van der Waals surface area contributed by atoms with E-state index >= 15 is 0 Å². The quantitative estimate of drug-likeness (QED) is 0.647. The van der Waals surface area contributed by atoms with E-state index in [0.29, 0.717) is 12.8 Å². The predicted octanol–water partition coefficient (Wildman–Crippen LogP) is 4.06. The van der Waals surface area contributed by atoms with E-state index in [1.807, 2.05) is 48.5 Å². The molecule has 0 aromatic heterocycles. The molecule has 1 aliphatic rings. The van der Waals surface area contributed by atoms with E-state index in [9.17, 15) is 9.90 Å². The summed E-state index contributed by atoms with van der Waals surface area (Å²) in [5.41, 5.74) is 2.81. The molecule has 0 radical (unpaired) electrons. The molecule has 3 rings (SSSR count). The lowest BCUT2D eigenvalue weighted by Crippen LogP contribution is -2.37. The number of hydrogen-bond donors (Lipinski definition) is 2. The van der Waals surface area contributed by atoms with Gasteiger partial charge in [-0.25, -0.2) is 0 Å². The van der Waals surface area contributed by atoms with Crippen LogP contribution in [0.2, 0.25) is 5.02 Å². The van der Waals surface area contributed by atoms with Gasteiger partial charge in [0.25, 0.3) is 0 Å². The number of carbonyl (C=O) groups excluding carboxylic acids is 1. The Morgan fingerprint density at radius 2 is 1.79 bits per heavy atom. The molecule has 6 heteroatoms. The van der Waals surface area contributed by atoms with Crippen molar-refractivity contribution in [3.8, 4) is 0 Å². The van der Waals surface area contributed by atoms with Gasteiger partial charge in [-0.15, -0.1) is 0 Å². The van der Waals surface area contributed by atoms with Crippen molar-refractivity contribution in [3.63, 3.8) is 0 Å². The Morgan fingerprint density at radius 3 is 2.48 bits per heavy atom. The van der Waals surface area contributed by atoms with Crippen LogP contribution in [0.5, 0.6) is 0 Å². The molecule has 1 unspecified atom stereocenters. The molecule has 1 aliphatic heterocycles. The Morgan fingerprint density at radius 1 is 1.10 bits per heavy atom. The Bertz CT molecular complexity index is 759. The minimum atomic E-state index is -0.498. The molecule has 0 bridgehead atoms. The molecule has 1 amide bonds. The lowest BCUT2D eigenvalue weighted by Gasteiger charge is -2.27. The average Bonchev–Trinajstić information content (AvgIpc) is 2.75. The van der Waals surface area contributed by atoms with Crippen molar-refractivity contribution in [1.82, 2.24) is 4.90 Å². The smallest absolute Gasteiger partial charge is 0.224 e. The van der Waals surface area contributed by atoms with Crippen LogP contribution < -0.4 is 5.32 Å². The summed E-state index contributed by atoms with van der Waals surface area (Å²) in [5.74, 6) is -0.000389. The lowest BCUT2D eigenvalue weighted by molar-refractivity contribution is -0.116. The van der Waals surface area contributed by atoms with Gasteiger partial charge in [-0.1, -0.05) is 35.9 Å². The summed E-state index contributed by atoms with van der Waals surface area (Å²) in [5, 5.41) is 14.1. The number of carbonyl (C=O) groups is 1. The summed E-state index contributed by atoms with van der Waals surface area (Å²) in [6.45, 7) is 4.25. The van der Waals surface area contributed by atoms with Crippen molar-refractivity contribution in [3.05, 3.63) is 64.7 Å². The van der Waals surface area contributed by atoms with E-state index in [1.165, 1.54) is 5.56 Å². The first-order chi connectivity index (χ1) is 14.1. The van der Waals surface area contributed by atoms with Gasteiger partial charge in [-0.3, -0.25) is 9.69 Å². The first-order valence-electron chi connectivity index (χ1n) is 10.2. The molecular formula is C23H29ClN2O3. The molecule has 0 spiro atoms. The van der Waals surface area contributed by atoms with Crippen molar-refractivity contribution < 1.29 is 14.6 Å². The van der Waals surface area contributed by atoms with Crippen molar-refractivity contribution >= 4 is 23.2 Å². The van der Waals surface area contributed by atoms with Crippen LogP contribution in [0.25, 0.3) is 0 Å². The number of anilines is 1. The van der Waals surface area contributed by atoms with Gasteiger partial charge in [0, 0.05) is 36.8 Å². The highest BCUT2D eigenvalue weighted by Crippen LogP contribution is 2.20. The fourth-order valence-electron chi connectivity index (χ4n) is 3.41. The van der Waals surface area contributed by atoms with E-state index in [4.69, 9.17) is 16.3 Å². The van der Waals surface area contributed by atoms with Crippen LogP contribution in [0.1, 0.15) is 36.5 Å². The van der Waals surface area contributed by atoms with Gasteiger partial charge in [0.1, 0.15) is 0 Å². The Labute approximate surface area is 177 Å². The Hall–Kier alpha value is -1.92. The highest BCUT2D eigenvalue weighted by molar-refractivity contribution is 6.30. The van der Waals surface area contributed by atoms with Crippen LogP contribution >= 0.6 is 11.6 Å². The van der Waals surface area contributed by atoms with Crippen molar-refractivity contribution in [2.24, 2.45) is 0 Å². The molecule has 2 aromatic rings. The zero-order valence-electron chi connectivity index (χ0n) is 16.6. The first kappa shape index (κ1) is 21.8. The molecule has 1 fully saturated rings. The summed E-state index contributed by atoms with van der Waals surface area (Å²) < 4.78 is 5.34. The van der Waals surface area contributed by atoms with E-state index in [1.54, 1.807) is 0 Å². The van der Waals surface area contributed by atoms with Crippen LogP contribution in [0.3, 0.4) is 0 Å². The third-order valence-electron chi connectivity index (χ3n) is 5.18. The monoisotopic (exact) mass is 416 g/mol. The second-order valence-corrected chi connectivity index (χ2v) is 7.85. The molecule has 1 saturated heterocycles. The largest absolute Gasteiger partial charge is 0.388 e. The molecule has 1 atom stereocenters. The maximum atomic E-state index is 12.2. The average molecular weight is 417 g/mol. The normalized spacial score (nSPS) is 15.8. The SMILES string of the molecule is O=C(CCCc1ccc(Cl)cc1)Nc1ccc(C(O)CCN2CCOCC2)cc1. The first-order valence-corrected chi connectivity index (χ1v) is 10.6. The summed E-state index contributed by atoms with van der Waals surface area (Å²) in [6.07, 6.45) is 2.29. The lowest BCUT2D eigenvalue weighted by atomic mass is 10.1. The number of benzene rings is 2. The van der Waals surface area contributed by atoms with Crippen LogP contribution in [-0.2, 0) is 16.0 Å². The van der Waals surface area contributed by atoms with E-state index < -0.39 is 6.10 Å². The van der Waals surface area contributed by atoms with Gasteiger partial charge in [-0.05, 0) is 54.7 Å². The number of amides is 1. The van der Waals surface area contributed by atoms with Crippen LogP contribution in [0.15, 0.2) is 48.5 Å². The Kier molecular flexibility index (Phi) is 8.50. The molecule has 0 saturated carbocycles. The second kappa shape index (κ2) is 11.3. The van der Waals surface area contributed by atoms with Gasteiger partial charge in [0.15, 0.2) is 0 Å². The highest BCUT2D eigenvalue weighted by atomic mass is 35.5. The van der Waals surface area contributed by atoms with Gasteiger partial charge >= 0.3 is 0 Å². The number of aliphatic hydroxyl groups excluding tert-OH is 1. The number of aliphatic hydroxyl groups is 1. The van der Waals surface area contributed by atoms with Crippen molar-refractivity contribution in [2.75, 3.05) is 38.2 Å². The molecule has 5 nitrogen and oxygen atoms in total. The second-order valence-electron chi connectivity index (χ2n) is 7.41. The fraction of sp³-hybridized carbons (Fsp3) is 0.435. The molecule has 0 aliphatic carbocycles. The van der Waals surface area contributed by atoms with Gasteiger partial charge < -0.3 is 15.2 Å². The number of morpholine rings is 1. The van der Waals surface area contributed by atoms with Gasteiger partial charge in [-0.2, -0.15) is 0 Å². The number of halogens is 1. The zero-order valence-corrected chi connectivity index (χ0v) is 17.4. The summed E-state index contributed by atoms with van der Waals surface area (Å²) in [7, 11) is 0. The number of nitrogens with zero attached hydrogens (tertiary/aromatic N) is 1. The highest BCUT2D eigenvalue weighted by Gasteiger charge is 2.14. The maximum Gasteiger partial charge on any atom is 0.224 e. The topological polar surface area (TPSA) is 61.8 Å². The third-order valence-corrected chi connectivity index (χ3v) is 5.44. The van der Waals surface area contributed by atoms with Crippen LogP contribution in [-0.4, -0.2) is 48.8 Å². The maximum absolute atomic E-state index is 12.2. The number of nitrogens with one attached hydrogen (secondary N) is 1. The zero-order chi connectivity index (χ0) is 20.5. The summed E-state index contributed by atoms with van der Waals surface area (Å²) >= 11 is 5.88. The fourth-order valence-corrected chi connectivity index (χ4v) is 3.54.